The summed E-state index contributed by atoms with van der Waals surface area (Å²) in [7, 11) is 1.95. The summed E-state index contributed by atoms with van der Waals surface area (Å²) in [5, 5.41) is 4.10. The van der Waals surface area contributed by atoms with Crippen molar-refractivity contribution in [2.24, 2.45) is 7.05 Å². The molecule has 0 spiro atoms. The lowest BCUT2D eigenvalue weighted by molar-refractivity contribution is 0.681. The fourth-order valence-electron chi connectivity index (χ4n) is 1.06. The van der Waals surface area contributed by atoms with E-state index in [0.717, 1.165) is 0 Å². The van der Waals surface area contributed by atoms with Gasteiger partial charge < -0.3 is 0 Å². The molecule has 11 heavy (non-hydrogen) atoms. The minimum atomic E-state index is 0.405. The van der Waals surface area contributed by atoms with E-state index in [2.05, 4.69) is 18.6 Å². The van der Waals surface area contributed by atoms with Crippen molar-refractivity contribution in [2.75, 3.05) is 0 Å². The van der Waals surface area contributed by atoms with Crippen molar-refractivity contribution in [3.8, 4) is 0 Å². The minimum absolute atomic E-state index is 0.405. The van der Waals surface area contributed by atoms with Gasteiger partial charge in [0.2, 0.25) is 0 Å². The van der Waals surface area contributed by atoms with Crippen LogP contribution in [0.25, 0.3) is 0 Å². The second-order valence-corrected chi connectivity index (χ2v) is 2.95. The van der Waals surface area contributed by atoms with Gasteiger partial charge in [-0.1, -0.05) is 19.1 Å². The third-order valence-corrected chi connectivity index (χ3v) is 2.04. The number of hydrogen-bond acceptors (Lipinski definition) is 1. The number of hydrogen-bond donors (Lipinski definition) is 0. The van der Waals surface area contributed by atoms with Gasteiger partial charge in [-0.25, -0.2) is 0 Å². The monoisotopic (exact) mass is 150 g/mol. The van der Waals surface area contributed by atoms with Gasteiger partial charge in [0.05, 0.1) is 0 Å². The lowest BCUT2D eigenvalue weighted by atomic mass is 10.0. The maximum absolute atomic E-state index is 4.10. The quantitative estimate of drug-likeness (QED) is 0.590. The first kappa shape index (κ1) is 8.05. The van der Waals surface area contributed by atoms with Crippen LogP contribution in [0, 0.1) is 0 Å². The summed E-state index contributed by atoms with van der Waals surface area (Å²) in [6.07, 6.45) is 1.81. The molecule has 60 valence electrons. The van der Waals surface area contributed by atoms with Gasteiger partial charge in [0.1, 0.15) is 0 Å². The zero-order valence-electron chi connectivity index (χ0n) is 7.33. The van der Waals surface area contributed by atoms with E-state index in [-0.39, 0.29) is 0 Å². The van der Waals surface area contributed by atoms with Crippen molar-refractivity contribution in [3.05, 3.63) is 30.1 Å². The van der Waals surface area contributed by atoms with Gasteiger partial charge in [0.25, 0.3) is 0 Å². The topological polar surface area (TPSA) is 17.8 Å². The first-order chi connectivity index (χ1) is 5.13. The Morgan fingerprint density at radius 1 is 1.73 bits per heavy atom. The van der Waals surface area contributed by atoms with E-state index in [0.29, 0.717) is 5.92 Å². The molecular formula is C9H14N2. The second-order valence-electron chi connectivity index (χ2n) is 2.95. The first-order valence-corrected chi connectivity index (χ1v) is 3.76. The SMILES string of the molecule is C=C(C)[C@H](C)c1ccnn1C. The molecule has 0 radical (unpaired) electrons. The van der Waals surface area contributed by atoms with Gasteiger partial charge in [-0.2, -0.15) is 5.10 Å². The number of aryl methyl sites for hydroxylation is 1. The third-order valence-electron chi connectivity index (χ3n) is 2.04. The molecule has 0 unspecified atom stereocenters. The molecule has 0 saturated heterocycles. The minimum Gasteiger partial charge on any atom is -0.272 e. The normalized spacial score (nSPS) is 13.0. The Morgan fingerprint density at radius 3 is 2.73 bits per heavy atom. The summed E-state index contributed by atoms with van der Waals surface area (Å²) >= 11 is 0. The predicted octanol–water partition coefficient (Wildman–Crippen LogP) is 2.10. The molecule has 2 nitrogen and oxygen atoms in total. The van der Waals surface area contributed by atoms with Gasteiger partial charge in [-0.3, -0.25) is 4.68 Å². The Morgan fingerprint density at radius 2 is 2.36 bits per heavy atom. The van der Waals surface area contributed by atoms with E-state index in [4.69, 9.17) is 0 Å². The maximum atomic E-state index is 4.10. The number of aromatic nitrogens is 2. The highest BCUT2D eigenvalue weighted by molar-refractivity contribution is 5.17. The zero-order valence-corrected chi connectivity index (χ0v) is 7.33. The van der Waals surface area contributed by atoms with E-state index < -0.39 is 0 Å². The van der Waals surface area contributed by atoms with Crippen molar-refractivity contribution >= 4 is 0 Å². The van der Waals surface area contributed by atoms with Gasteiger partial charge in [-0.05, 0) is 13.0 Å². The molecule has 1 aromatic heterocycles. The molecular weight excluding hydrogens is 136 g/mol. The van der Waals surface area contributed by atoms with Crippen molar-refractivity contribution < 1.29 is 0 Å². The Labute approximate surface area is 67.5 Å². The summed E-state index contributed by atoms with van der Waals surface area (Å²) in [6, 6.07) is 2.03. The Bertz CT molecular complexity index is 260. The Hall–Kier alpha value is -1.05. The fraction of sp³-hybridized carbons (Fsp3) is 0.444. The third kappa shape index (κ3) is 1.50. The standard InChI is InChI=1S/C9H14N2/c1-7(2)8(3)9-5-6-10-11(9)4/h5-6,8H,1H2,2-4H3/t8-/m0/s1. The lowest BCUT2D eigenvalue weighted by Gasteiger charge is -2.10. The maximum Gasteiger partial charge on any atom is 0.0492 e. The van der Waals surface area contributed by atoms with E-state index in [9.17, 15) is 0 Å². The second kappa shape index (κ2) is 2.91. The summed E-state index contributed by atoms with van der Waals surface area (Å²) < 4.78 is 1.89. The van der Waals surface area contributed by atoms with Crippen LogP contribution in [-0.4, -0.2) is 9.78 Å². The van der Waals surface area contributed by atoms with Gasteiger partial charge in [0.15, 0.2) is 0 Å². The van der Waals surface area contributed by atoms with Crippen LogP contribution in [0.15, 0.2) is 24.4 Å². The van der Waals surface area contributed by atoms with Crippen LogP contribution in [0.2, 0.25) is 0 Å². The zero-order chi connectivity index (χ0) is 8.43. The Balaban J connectivity index is 2.92. The van der Waals surface area contributed by atoms with E-state index in [1.165, 1.54) is 11.3 Å². The van der Waals surface area contributed by atoms with Gasteiger partial charge in [-0.15, -0.1) is 0 Å². The molecule has 0 saturated carbocycles. The average molecular weight is 150 g/mol. The number of rotatable bonds is 2. The molecule has 0 aromatic carbocycles. The van der Waals surface area contributed by atoms with E-state index in [1.807, 2.05) is 30.9 Å². The highest BCUT2D eigenvalue weighted by Crippen LogP contribution is 2.20. The first-order valence-electron chi connectivity index (χ1n) is 3.76. The molecule has 0 amide bonds. The van der Waals surface area contributed by atoms with Crippen LogP contribution in [0.5, 0.6) is 0 Å². The smallest absolute Gasteiger partial charge is 0.0492 e. The van der Waals surface area contributed by atoms with Crippen LogP contribution < -0.4 is 0 Å². The van der Waals surface area contributed by atoms with E-state index in [1.54, 1.807) is 0 Å². The van der Waals surface area contributed by atoms with Crippen LogP contribution in [0.3, 0.4) is 0 Å². The fourth-order valence-corrected chi connectivity index (χ4v) is 1.06. The molecule has 0 N–H and O–H groups in total. The molecule has 1 aromatic rings. The molecule has 0 aliphatic rings. The van der Waals surface area contributed by atoms with Crippen LogP contribution in [-0.2, 0) is 7.05 Å². The van der Waals surface area contributed by atoms with E-state index >= 15 is 0 Å². The molecule has 1 atom stereocenters. The largest absolute Gasteiger partial charge is 0.272 e. The van der Waals surface area contributed by atoms with Crippen molar-refractivity contribution in [1.82, 2.24) is 9.78 Å². The molecule has 0 bridgehead atoms. The predicted molar refractivity (Wildman–Crippen MR) is 46.4 cm³/mol. The molecule has 1 heterocycles. The highest BCUT2D eigenvalue weighted by atomic mass is 15.3. The molecule has 1 rings (SSSR count). The molecule has 0 aliphatic carbocycles. The number of nitrogens with zero attached hydrogens (tertiary/aromatic N) is 2. The summed E-state index contributed by atoms with van der Waals surface area (Å²) in [5.74, 6) is 0.405. The average Bonchev–Trinajstić information content (AvgIpc) is 2.33. The summed E-state index contributed by atoms with van der Waals surface area (Å²) in [6.45, 7) is 8.09. The lowest BCUT2D eigenvalue weighted by Crippen LogP contribution is -2.02. The van der Waals surface area contributed by atoms with Crippen molar-refractivity contribution in [1.29, 1.82) is 0 Å². The van der Waals surface area contributed by atoms with Crippen LogP contribution >= 0.6 is 0 Å². The van der Waals surface area contributed by atoms with Crippen LogP contribution in [0.4, 0.5) is 0 Å². The molecule has 2 heteroatoms. The highest BCUT2D eigenvalue weighted by Gasteiger charge is 2.08. The number of allylic oxidation sites excluding steroid dienone is 1. The Kier molecular flexibility index (Phi) is 2.13. The van der Waals surface area contributed by atoms with Gasteiger partial charge in [0, 0.05) is 24.9 Å². The molecule has 0 fully saturated rings. The van der Waals surface area contributed by atoms with Crippen LogP contribution in [0.1, 0.15) is 25.5 Å². The van der Waals surface area contributed by atoms with Crippen molar-refractivity contribution in [3.63, 3.8) is 0 Å². The summed E-state index contributed by atoms with van der Waals surface area (Å²) in [5.41, 5.74) is 2.39. The summed E-state index contributed by atoms with van der Waals surface area (Å²) in [4.78, 5) is 0. The van der Waals surface area contributed by atoms with Gasteiger partial charge >= 0.3 is 0 Å². The molecule has 0 aliphatic heterocycles. The van der Waals surface area contributed by atoms with Crippen molar-refractivity contribution in [2.45, 2.75) is 19.8 Å².